The second kappa shape index (κ2) is 5.29. The van der Waals surface area contributed by atoms with Crippen molar-refractivity contribution in [3.8, 4) is 0 Å². The first-order valence-electron chi connectivity index (χ1n) is 5.62. The summed E-state index contributed by atoms with van der Waals surface area (Å²) in [6, 6.07) is 9.44. The van der Waals surface area contributed by atoms with Crippen molar-refractivity contribution >= 4 is 17.2 Å². The van der Waals surface area contributed by atoms with E-state index in [1.165, 1.54) is 0 Å². The Kier molecular flexibility index (Phi) is 3.74. The van der Waals surface area contributed by atoms with E-state index in [1.807, 2.05) is 29.6 Å². The Morgan fingerprint density at radius 1 is 1.44 bits per heavy atom. The fraction of sp³-hybridized carbons (Fsp3) is 0.231. The van der Waals surface area contributed by atoms with Crippen molar-refractivity contribution in [2.45, 2.75) is 19.0 Å². The number of aromatic nitrogens is 1. The van der Waals surface area contributed by atoms with Gasteiger partial charge >= 0.3 is 0 Å². The van der Waals surface area contributed by atoms with Crippen LogP contribution < -0.4 is 11.1 Å². The molecule has 0 aromatic carbocycles. The molecule has 94 valence electrons. The first-order chi connectivity index (χ1) is 8.63. The molecule has 0 saturated carbocycles. The number of primary amides is 1. The van der Waals surface area contributed by atoms with Gasteiger partial charge in [0.2, 0.25) is 5.91 Å². The van der Waals surface area contributed by atoms with Gasteiger partial charge in [0, 0.05) is 17.6 Å². The van der Waals surface area contributed by atoms with E-state index in [1.54, 1.807) is 30.5 Å². The van der Waals surface area contributed by atoms with Gasteiger partial charge < -0.3 is 5.73 Å². The van der Waals surface area contributed by atoms with Gasteiger partial charge in [0.25, 0.3) is 0 Å². The molecule has 0 radical (unpaired) electrons. The highest BCUT2D eigenvalue weighted by molar-refractivity contribution is 7.09. The third-order valence-corrected chi connectivity index (χ3v) is 3.74. The number of hydrogen-bond donors (Lipinski definition) is 2. The Hall–Kier alpha value is -1.72. The molecule has 4 nitrogen and oxygen atoms in total. The van der Waals surface area contributed by atoms with Crippen LogP contribution >= 0.6 is 11.3 Å². The maximum absolute atomic E-state index is 11.7. The van der Waals surface area contributed by atoms with Crippen molar-refractivity contribution in [2.24, 2.45) is 5.73 Å². The quantitative estimate of drug-likeness (QED) is 0.859. The predicted molar refractivity (Wildman–Crippen MR) is 71.9 cm³/mol. The van der Waals surface area contributed by atoms with Crippen molar-refractivity contribution < 1.29 is 4.79 Å². The van der Waals surface area contributed by atoms with Crippen LogP contribution in [0.25, 0.3) is 0 Å². The monoisotopic (exact) mass is 261 g/mol. The highest BCUT2D eigenvalue weighted by atomic mass is 32.1. The van der Waals surface area contributed by atoms with E-state index >= 15 is 0 Å². The third-order valence-electron chi connectivity index (χ3n) is 2.87. The molecule has 1 atom stereocenters. The Bertz CT molecular complexity index is 512. The summed E-state index contributed by atoms with van der Waals surface area (Å²) in [5, 5.41) is 5.19. The molecule has 2 aromatic heterocycles. The smallest absolute Gasteiger partial charge is 0.243 e. The molecule has 1 unspecified atom stereocenters. The molecule has 0 bridgehead atoms. The van der Waals surface area contributed by atoms with Crippen molar-refractivity contribution in [3.63, 3.8) is 0 Å². The van der Waals surface area contributed by atoms with Crippen LogP contribution in [-0.2, 0) is 16.9 Å². The third kappa shape index (κ3) is 2.57. The van der Waals surface area contributed by atoms with Gasteiger partial charge in [0.1, 0.15) is 5.54 Å². The first-order valence-corrected chi connectivity index (χ1v) is 6.50. The summed E-state index contributed by atoms with van der Waals surface area (Å²) in [5.74, 6) is -0.433. The van der Waals surface area contributed by atoms with E-state index in [2.05, 4.69) is 10.3 Å². The van der Waals surface area contributed by atoms with Crippen LogP contribution in [0, 0.1) is 0 Å². The van der Waals surface area contributed by atoms with Gasteiger partial charge in [-0.05, 0) is 30.5 Å². The maximum atomic E-state index is 11.7. The van der Waals surface area contributed by atoms with Crippen molar-refractivity contribution in [2.75, 3.05) is 0 Å². The molecular formula is C13H15N3OS. The number of amides is 1. The fourth-order valence-corrected chi connectivity index (χ4v) is 2.28. The number of rotatable bonds is 5. The van der Waals surface area contributed by atoms with Gasteiger partial charge in [-0.2, -0.15) is 0 Å². The number of carbonyl (C=O) groups excluding carboxylic acids is 1. The van der Waals surface area contributed by atoms with E-state index < -0.39 is 11.4 Å². The molecule has 0 fully saturated rings. The molecule has 0 aliphatic rings. The minimum atomic E-state index is -0.953. The lowest BCUT2D eigenvalue weighted by Crippen LogP contribution is -2.50. The number of hydrogen-bond acceptors (Lipinski definition) is 4. The van der Waals surface area contributed by atoms with Crippen LogP contribution in [0.3, 0.4) is 0 Å². The maximum Gasteiger partial charge on any atom is 0.243 e. The molecule has 3 N–H and O–H groups in total. The molecule has 18 heavy (non-hydrogen) atoms. The second-order valence-corrected chi connectivity index (χ2v) is 5.17. The Morgan fingerprint density at radius 3 is 2.83 bits per heavy atom. The summed E-state index contributed by atoms with van der Waals surface area (Å²) in [4.78, 5) is 17.1. The van der Waals surface area contributed by atoms with Gasteiger partial charge in [-0.25, -0.2) is 0 Å². The highest BCUT2D eigenvalue weighted by Crippen LogP contribution is 2.19. The van der Waals surface area contributed by atoms with Gasteiger partial charge in [0.05, 0.1) is 5.69 Å². The average Bonchev–Trinajstić information content (AvgIpc) is 2.90. The molecule has 2 rings (SSSR count). The lowest BCUT2D eigenvalue weighted by Gasteiger charge is -2.26. The fourth-order valence-electron chi connectivity index (χ4n) is 1.64. The topological polar surface area (TPSA) is 68.0 Å². The summed E-state index contributed by atoms with van der Waals surface area (Å²) < 4.78 is 0. The lowest BCUT2D eigenvalue weighted by atomic mass is 9.96. The normalized spacial score (nSPS) is 14.1. The molecule has 5 heteroatoms. The molecule has 0 aliphatic carbocycles. The van der Waals surface area contributed by atoms with Gasteiger partial charge in [-0.3, -0.25) is 15.1 Å². The van der Waals surface area contributed by atoms with Crippen LogP contribution in [0.1, 0.15) is 17.5 Å². The van der Waals surface area contributed by atoms with E-state index in [9.17, 15) is 4.79 Å². The van der Waals surface area contributed by atoms with E-state index in [0.717, 1.165) is 4.88 Å². The summed E-state index contributed by atoms with van der Waals surface area (Å²) in [5.41, 5.74) is 5.18. The Balaban J connectivity index is 2.20. The van der Waals surface area contributed by atoms with Gasteiger partial charge in [-0.15, -0.1) is 11.3 Å². The van der Waals surface area contributed by atoms with Crippen LogP contribution in [-0.4, -0.2) is 10.9 Å². The molecule has 0 saturated heterocycles. The minimum Gasteiger partial charge on any atom is -0.368 e. The number of nitrogens with one attached hydrogen (secondary N) is 1. The van der Waals surface area contributed by atoms with E-state index in [4.69, 9.17) is 5.73 Å². The minimum absolute atomic E-state index is 0.433. The van der Waals surface area contributed by atoms with E-state index in [0.29, 0.717) is 12.2 Å². The van der Waals surface area contributed by atoms with Crippen LogP contribution in [0.5, 0.6) is 0 Å². The zero-order valence-corrected chi connectivity index (χ0v) is 10.9. The van der Waals surface area contributed by atoms with Crippen LogP contribution in [0.4, 0.5) is 0 Å². The lowest BCUT2D eigenvalue weighted by molar-refractivity contribution is -0.124. The summed E-state index contributed by atoms with van der Waals surface area (Å²) in [6.07, 6.45) is 1.66. The number of thiophene rings is 1. The first kappa shape index (κ1) is 12.7. The second-order valence-electron chi connectivity index (χ2n) is 4.14. The molecule has 2 aromatic rings. The Morgan fingerprint density at radius 2 is 2.28 bits per heavy atom. The van der Waals surface area contributed by atoms with Crippen molar-refractivity contribution in [3.05, 3.63) is 52.5 Å². The van der Waals surface area contributed by atoms with Gasteiger partial charge in [0.15, 0.2) is 0 Å². The predicted octanol–water partition coefficient (Wildman–Crippen LogP) is 1.63. The number of nitrogens with zero attached hydrogens (tertiary/aromatic N) is 1. The summed E-state index contributed by atoms with van der Waals surface area (Å²) in [6.45, 7) is 2.35. The Labute approximate surface area is 110 Å². The number of pyridine rings is 1. The largest absolute Gasteiger partial charge is 0.368 e. The molecule has 0 aliphatic heterocycles. The van der Waals surface area contributed by atoms with Crippen molar-refractivity contribution in [1.29, 1.82) is 0 Å². The average molecular weight is 261 g/mol. The van der Waals surface area contributed by atoms with E-state index in [-0.39, 0.29) is 0 Å². The molecule has 2 heterocycles. The standard InChI is InChI=1S/C13H15N3OS/c1-13(12(14)17,11-6-2-3-7-15-11)16-9-10-5-4-8-18-10/h2-8,16H,9H2,1H3,(H2,14,17). The zero-order valence-electron chi connectivity index (χ0n) is 10.1. The highest BCUT2D eigenvalue weighted by Gasteiger charge is 2.33. The number of nitrogens with two attached hydrogens (primary N) is 1. The summed E-state index contributed by atoms with van der Waals surface area (Å²) in [7, 11) is 0. The van der Waals surface area contributed by atoms with Crippen molar-refractivity contribution in [1.82, 2.24) is 10.3 Å². The molecule has 0 spiro atoms. The zero-order chi connectivity index (χ0) is 13.0. The molecule has 1 amide bonds. The van der Waals surface area contributed by atoms with Crippen LogP contribution in [0.15, 0.2) is 41.9 Å². The summed E-state index contributed by atoms with van der Waals surface area (Å²) >= 11 is 1.64. The number of carbonyl (C=O) groups is 1. The van der Waals surface area contributed by atoms with Gasteiger partial charge in [-0.1, -0.05) is 12.1 Å². The SMILES string of the molecule is CC(NCc1cccs1)(C(N)=O)c1ccccn1. The van der Waals surface area contributed by atoms with Crippen LogP contribution in [0.2, 0.25) is 0 Å². The molecular weight excluding hydrogens is 246 g/mol.